The summed E-state index contributed by atoms with van der Waals surface area (Å²) in [6.07, 6.45) is 0. The van der Waals surface area contributed by atoms with Crippen LogP contribution in [0, 0.1) is 5.82 Å². The van der Waals surface area contributed by atoms with Gasteiger partial charge < -0.3 is 10.8 Å². The lowest BCUT2D eigenvalue weighted by Crippen LogP contribution is -2.57. The van der Waals surface area contributed by atoms with Gasteiger partial charge in [-0.3, -0.25) is 0 Å². The van der Waals surface area contributed by atoms with Gasteiger partial charge in [0.05, 0.1) is 16.2 Å². The van der Waals surface area contributed by atoms with E-state index < -0.39 is 31.9 Å². The van der Waals surface area contributed by atoms with Crippen LogP contribution in [0.4, 0.5) is 10.1 Å². The highest BCUT2D eigenvalue weighted by atomic mass is 35.5. The maximum absolute atomic E-state index is 13.9. The van der Waals surface area contributed by atoms with Crippen molar-refractivity contribution in [3.63, 3.8) is 0 Å². The van der Waals surface area contributed by atoms with E-state index in [9.17, 15) is 17.9 Å². The molecule has 0 unspecified atom stereocenters. The zero-order valence-corrected chi connectivity index (χ0v) is 13.2. The predicted octanol–water partition coefficient (Wildman–Crippen LogP) is 1.89. The minimum atomic E-state index is -4.23. The molecular formula is C12H18ClFN2O3S. The highest BCUT2D eigenvalue weighted by molar-refractivity contribution is 7.89. The van der Waals surface area contributed by atoms with Crippen LogP contribution in [-0.2, 0) is 10.0 Å². The van der Waals surface area contributed by atoms with Crippen molar-refractivity contribution in [1.29, 1.82) is 0 Å². The molecule has 4 N–H and O–H groups in total. The second kappa shape index (κ2) is 5.14. The van der Waals surface area contributed by atoms with Crippen molar-refractivity contribution in [2.45, 2.75) is 43.7 Å². The molecule has 0 aliphatic carbocycles. The number of nitrogens with two attached hydrogens (primary N) is 1. The van der Waals surface area contributed by atoms with Crippen LogP contribution in [0.25, 0.3) is 0 Å². The molecule has 0 aliphatic heterocycles. The Labute approximate surface area is 123 Å². The quantitative estimate of drug-likeness (QED) is 0.737. The molecule has 8 heteroatoms. The molecule has 114 valence electrons. The largest absolute Gasteiger partial charge is 0.399 e. The molecular weight excluding hydrogens is 307 g/mol. The van der Waals surface area contributed by atoms with E-state index in [1.165, 1.54) is 27.7 Å². The Bertz CT molecular complexity index is 624. The lowest BCUT2D eigenvalue weighted by Gasteiger charge is -2.37. The average molecular weight is 325 g/mol. The molecule has 0 spiro atoms. The number of hydrogen-bond acceptors (Lipinski definition) is 4. The molecule has 0 saturated heterocycles. The van der Waals surface area contributed by atoms with E-state index in [-0.39, 0.29) is 10.7 Å². The summed E-state index contributed by atoms with van der Waals surface area (Å²) >= 11 is 5.59. The Morgan fingerprint density at radius 2 is 1.80 bits per heavy atom. The van der Waals surface area contributed by atoms with E-state index in [4.69, 9.17) is 17.3 Å². The Morgan fingerprint density at radius 3 is 2.25 bits per heavy atom. The zero-order valence-electron chi connectivity index (χ0n) is 11.7. The number of nitrogen functional groups attached to an aromatic ring is 1. The smallest absolute Gasteiger partial charge is 0.244 e. The first-order valence-corrected chi connectivity index (χ1v) is 7.65. The minimum Gasteiger partial charge on any atom is -0.399 e. The van der Waals surface area contributed by atoms with Crippen LogP contribution in [0.2, 0.25) is 5.02 Å². The van der Waals surface area contributed by atoms with Crippen molar-refractivity contribution in [3.8, 4) is 0 Å². The van der Waals surface area contributed by atoms with Crippen LogP contribution in [0.15, 0.2) is 17.0 Å². The van der Waals surface area contributed by atoms with Gasteiger partial charge in [-0.25, -0.2) is 17.5 Å². The molecule has 1 aromatic carbocycles. The lowest BCUT2D eigenvalue weighted by atomic mass is 9.87. The number of nitrogens with one attached hydrogen (secondary N) is 1. The van der Waals surface area contributed by atoms with Gasteiger partial charge in [-0.2, -0.15) is 0 Å². The van der Waals surface area contributed by atoms with Crippen LogP contribution < -0.4 is 10.5 Å². The van der Waals surface area contributed by atoms with Gasteiger partial charge in [-0.15, -0.1) is 0 Å². The summed E-state index contributed by atoms with van der Waals surface area (Å²) < 4.78 is 40.6. The third-order valence-electron chi connectivity index (χ3n) is 3.23. The van der Waals surface area contributed by atoms with E-state index in [1.54, 1.807) is 0 Å². The number of aliphatic hydroxyl groups is 1. The van der Waals surface area contributed by atoms with E-state index in [2.05, 4.69) is 4.72 Å². The monoisotopic (exact) mass is 324 g/mol. The van der Waals surface area contributed by atoms with Gasteiger partial charge in [0.1, 0.15) is 4.90 Å². The number of sulfonamides is 1. The van der Waals surface area contributed by atoms with Gasteiger partial charge in [0.2, 0.25) is 10.0 Å². The highest BCUT2D eigenvalue weighted by Crippen LogP contribution is 2.28. The third-order valence-corrected chi connectivity index (χ3v) is 5.16. The number of anilines is 1. The first kappa shape index (κ1) is 17.2. The van der Waals surface area contributed by atoms with Crippen molar-refractivity contribution >= 4 is 27.3 Å². The topological polar surface area (TPSA) is 92.4 Å². The summed E-state index contributed by atoms with van der Waals surface area (Å²) in [6.45, 7) is 5.85. The first-order chi connectivity index (χ1) is 8.78. The van der Waals surface area contributed by atoms with Crippen LogP contribution in [0.3, 0.4) is 0 Å². The molecule has 0 atom stereocenters. The molecule has 1 aromatic rings. The molecule has 0 amide bonds. The van der Waals surface area contributed by atoms with Gasteiger partial charge in [-0.05, 0) is 39.8 Å². The minimum absolute atomic E-state index is 0.0258. The summed E-state index contributed by atoms with van der Waals surface area (Å²) in [7, 11) is -4.23. The van der Waals surface area contributed by atoms with E-state index >= 15 is 0 Å². The number of benzene rings is 1. The van der Waals surface area contributed by atoms with Gasteiger partial charge in [0.25, 0.3) is 0 Å². The molecule has 0 saturated carbocycles. The van der Waals surface area contributed by atoms with Crippen molar-refractivity contribution in [2.75, 3.05) is 5.73 Å². The molecule has 1 rings (SSSR count). The predicted molar refractivity (Wildman–Crippen MR) is 76.5 cm³/mol. The van der Waals surface area contributed by atoms with Crippen molar-refractivity contribution in [1.82, 2.24) is 4.72 Å². The van der Waals surface area contributed by atoms with Crippen LogP contribution >= 0.6 is 11.6 Å². The summed E-state index contributed by atoms with van der Waals surface area (Å²) in [5.41, 5.74) is 2.92. The van der Waals surface area contributed by atoms with Crippen molar-refractivity contribution in [2.24, 2.45) is 0 Å². The fourth-order valence-electron chi connectivity index (χ4n) is 1.30. The fourth-order valence-corrected chi connectivity index (χ4v) is 3.25. The number of halogens is 2. The maximum Gasteiger partial charge on any atom is 0.244 e. The maximum atomic E-state index is 13.9. The van der Waals surface area contributed by atoms with E-state index in [0.717, 1.165) is 12.1 Å². The molecule has 20 heavy (non-hydrogen) atoms. The molecule has 0 bridgehead atoms. The standard InChI is InChI=1S/C12H18ClFN2O3S/c1-11(2,12(3,4)17)16-20(18,19)9-6-7(15)5-8(13)10(9)14/h5-6,16-17H,15H2,1-4H3. The Balaban J connectivity index is 3.33. The van der Waals surface area contributed by atoms with E-state index in [0.29, 0.717) is 0 Å². The molecule has 0 radical (unpaired) electrons. The summed E-state index contributed by atoms with van der Waals surface area (Å²) in [4.78, 5) is -0.653. The van der Waals surface area contributed by atoms with Crippen molar-refractivity contribution < 1.29 is 17.9 Å². The lowest BCUT2D eigenvalue weighted by molar-refractivity contribution is 0.00636. The Hall–Kier alpha value is -0.890. The van der Waals surface area contributed by atoms with Gasteiger partial charge in [0, 0.05) is 5.69 Å². The highest BCUT2D eigenvalue weighted by Gasteiger charge is 2.39. The number of hydrogen-bond donors (Lipinski definition) is 3. The van der Waals surface area contributed by atoms with Crippen LogP contribution in [0.1, 0.15) is 27.7 Å². The summed E-state index contributed by atoms with van der Waals surface area (Å²) in [5.74, 6) is -1.08. The molecule has 0 heterocycles. The van der Waals surface area contributed by atoms with Crippen LogP contribution in [0.5, 0.6) is 0 Å². The van der Waals surface area contributed by atoms with E-state index in [1.807, 2.05) is 0 Å². The van der Waals surface area contributed by atoms with Crippen LogP contribution in [-0.4, -0.2) is 24.7 Å². The van der Waals surface area contributed by atoms with Crippen molar-refractivity contribution in [3.05, 3.63) is 23.0 Å². The SMILES string of the molecule is CC(C)(O)C(C)(C)NS(=O)(=O)c1cc(N)cc(Cl)c1F. The summed E-state index contributed by atoms with van der Waals surface area (Å²) in [6, 6.07) is 2.10. The average Bonchev–Trinajstić information content (AvgIpc) is 2.19. The van der Waals surface area contributed by atoms with Gasteiger partial charge in [-0.1, -0.05) is 11.6 Å². The van der Waals surface area contributed by atoms with Gasteiger partial charge >= 0.3 is 0 Å². The third kappa shape index (κ3) is 3.41. The molecule has 5 nitrogen and oxygen atoms in total. The second-order valence-corrected chi connectivity index (χ2v) is 7.66. The first-order valence-electron chi connectivity index (χ1n) is 5.79. The van der Waals surface area contributed by atoms with Gasteiger partial charge in [0.15, 0.2) is 5.82 Å². The Kier molecular flexibility index (Phi) is 4.41. The Morgan fingerprint density at radius 1 is 1.30 bits per heavy atom. The second-order valence-electron chi connectivity index (χ2n) is 5.60. The normalized spacial score (nSPS) is 13.6. The molecule has 0 aliphatic rings. The summed E-state index contributed by atoms with van der Waals surface area (Å²) in [5, 5.41) is 9.58. The fraction of sp³-hybridized carbons (Fsp3) is 0.500. The zero-order chi connectivity index (χ0) is 15.9. The molecule has 0 aromatic heterocycles. The number of rotatable bonds is 4. The molecule has 0 fully saturated rings.